The first kappa shape index (κ1) is 19.2. The molecule has 0 spiro atoms. The number of rotatable bonds is 7. The second kappa shape index (κ2) is 8.81. The van der Waals surface area contributed by atoms with Crippen LogP contribution in [0.4, 0.5) is 5.69 Å². The van der Waals surface area contributed by atoms with E-state index in [-0.39, 0.29) is 6.10 Å². The Hall–Kier alpha value is -2.14. The number of aliphatic imine (C=N–C) groups is 1. The molecule has 0 saturated carbocycles. The fourth-order valence-electron chi connectivity index (χ4n) is 2.30. The maximum absolute atomic E-state index is 6.09. The highest BCUT2D eigenvalue weighted by Gasteiger charge is 2.15. The number of pyridine rings is 1. The van der Waals surface area contributed by atoms with Crippen LogP contribution in [0.3, 0.4) is 0 Å². The summed E-state index contributed by atoms with van der Waals surface area (Å²) >= 11 is 3.55. The molecule has 0 N–H and O–H groups in total. The average molecular weight is 402 g/mol. The van der Waals surface area contributed by atoms with Gasteiger partial charge < -0.3 is 9.64 Å². The number of aryl methyl sites for hydroxylation is 1. The molecule has 0 aliphatic carbocycles. The van der Waals surface area contributed by atoms with Crippen molar-refractivity contribution >= 4 is 34.0 Å². The van der Waals surface area contributed by atoms with E-state index in [4.69, 9.17) is 4.74 Å². The molecule has 4 nitrogen and oxygen atoms in total. The lowest BCUT2D eigenvalue weighted by molar-refractivity contribution is 0.215. The van der Waals surface area contributed by atoms with Gasteiger partial charge in [0.15, 0.2) is 0 Å². The molecule has 1 aromatic heterocycles. The molecule has 25 heavy (non-hydrogen) atoms. The van der Waals surface area contributed by atoms with Crippen LogP contribution in [0.15, 0.2) is 46.4 Å². The minimum absolute atomic E-state index is 0.141. The van der Waals surface area contributed by atoms with E-state index in [1.807, 2.05) is 62.2 Å². The lowest BCUT2D eigenvalue weighted by Gasteiger charge is -2.18. The van der Waals surface area contributed by atoms with Gasteiger partial charge in [-0.05, 0) is 53.9 Å². The number of hydrogen-bond donors (Lipinski definition) is 0. The van der Waals surface area contributed by atoms with Crippen LogP contribution < -0.4 is 4.74 Å². The van der Waals surface area contributed by atoms with Crippen molar-refractivity contribution in [2.45, 2.75) is 26.9 Å². The lowest BCUT2D eigenvalue weighted by atomic mass is 10.0. The van der Waals surface area contributed by atoms with Gasteiger partial charge >= 0.3 is 0 Å². The van der Waals surface area contributed by atoms with Gasteiger partial charge in [0.05, 0.1) is 22.2 Å². The van der Waals surface area contributed by atoms with Crippen molar-refractivity contribution in [1.29, 1.82) is 0 Å². The molecule has 1 atom stereocenters. The summed E-state index contributed by atoms with van der Waals surface area (Å²) in [4.78, 5) is 11.1. The molecule has 132 valence electrons. The van der Waals surface area contributed by atoms with Crippen LogP contribution in [0.2, 0.25) is 0 Å². The van der Waals surface area contributed by atoms with Crippen molar-refractivity contribution < 1.29 is 4.74 Å². The Balaban J connectivity index is 2.24. The Kier molecular flexibility index (Phi) is 6.76. The summed E-state index contributed by atoms with van der Waals surface area (Å²) < 4.78 is 6.87. The number of halogens is 1. The zero-order valence-electron chi connectivity index (χ0n) is 15.2. The highest BCUT2D eigenvalue weighted by atomic mass is 79.9. The monoisotopic (exact) mass is 401 g/mol. The van der Waals surface area contributed by atoms with Crippen LogP contribution in [-0.2, 0) is 0 Å². The molecule has 0 saturated heterocycles. The van der Waals surface area contributed by atoms with E-state index in [0.717, 1.165) is 33.5 Å². The van der Waals surface area contributed by atoms with Crippen molar-refractivity contribution in [2.24, 2.45) is 4.99 Å². The highest BCUT2D eigenvalue weighted by Crippen LogP contribution is 2.33. The van der Waals surface area contributed by atoms with Crippen LogP contribution in [0.1, 0.15) is 36.8 Å². The van der Waals surface area contributed by atoms with E-state index in [2.05, 4.69) is 39.4 Å². The lowest BCUT2D eigenvalue weighted by Crippen LogP contribution is -2.14. The Morgan fingerprint density at radius 2 is 2.12 bits per heavy atom. The Morgan fingerprint density at radius 3 is 2.80 bits per heavy atom. The van der Waals surface area contributed by atoms with Crippen LogP contribution in [0.5, 0.6) is 5.88 Å². The smallest absolute Gasteiger partial charge is 0.228 e. The minimum atomic E-state index is -0.141. The van der Waals surface area contributed by atoms with Crippen LogP contribution in [0.25, 0.3) is 6.08 Å². The molecule has 0 aliphatic heterocycles. The Bertz CT molecular complexity index is 774. The molecular weight excluding hydrogens is 378 g/mol. The molecule has 1 aromatic carbocycles. The molecule has 2 rings (SSSR count). The third kappa shape index (κ3) is 4.92. The van der Waals surface area contributed by atoms with Crippen molar-refractivity contribution in [2.75, 3.05) is 13.6 Å². The van der Waals surface area contributed by atoms with Gasteiger partial charge in [0.25, 0.3) is 0 Å². The molecule has 0 aliphatic rings. The SMILES string of the molecule is C=Cc1ccccc1C(C)Oc1nc(C)c(N=CN(C)CC)cc1Br. The first-order chi connectivity index (χ1) is 12.0. The maximum Gasteiger partial charge on any atom is 0.228 e. The Morgan fingerprint density at radius 1 is 1.40 bits per heavy atom. The van der Waals surface area contributed by atoms with Gasteiger partial charge in [-0.3, -0.25) is 0 Å². The van der Waals surface area contributed by atoms with Gasteiger partial charge in [0.1, 0.15) is 6.10 Å². The highest BCUT2D eigenvalue weighted by molar-refractivity contribution is 9.10. The summed E-state index contributed by atoms with van der Waals surface area (Å²) in [6.07, 6.45) is 3.50. The summed E-state index contributed by atoms with van der Waals surface area (Å²) in [5.41, 5.74) is 3.78. The van der Waals surface area contributed by atoms with Crippen molar-refractivity contribution in [1.82, 2.24) is 9.88 Å². The van der Waals surface area contributed by atoms with Crippen LogP contribution >= 0.6 is 15.9 Å². The largest absolute Gasteiger partial charge is 0.469 e. The van der Waals surface area contributed by atoms with E-state index >= 15 is 0 Å². The normalized spacial score (nSPS) is 12.2. The zero-order valence-corrected chi connectivity index (χ0v) is 16.7. The van der Waals surface area contributed by atoms with Gasteiger partial charge in [-0.25, -0.2) is 9.98 Å². The summed E-state index contributed by atoms with van der Waals surface area (Å²) in [6.45, 7) is 10.8. The molecule has 0 radical (unpaired) electrons. The van der Waals surface area contributed by atoms with Gasteiger partial charge in [-0.2, -0.15) is 0 Å². The average Bonchev–Trinajstić information content (AvgIpc) is 2.62. The van der Waals surface area contributed by atoms with E-state index in [1.165, 1.54) is 0 Å². The van der Waals surface area contributed by atoms with Crippen molar-refractivity contribution in [3.8, 4) is 5.88 Å². The molecule has 1 heterocycles. The van der Waals surface area contributed by atoms with E-state index in [1.54, 1.807) is 6.34 Å². The number of aromatic nitrogens is 1. The number of benzene rings is 1. The fourth-order valence-corrected chi connectivity index (χ4v) is 2.70. The van der Waals surface area contributed by atoms with Crippen LogP contribution in [-0.4, -0.2) is 29.8 Å². The van der Waals surface area contributed by atoms with Crippen molar-refractivity contribution in [3.63, 3.8) is 0 Å². The standard InChI is InChI=1S/C20H24BrN3O/c1-6-16-10-8-9-11-17(16)15(4)25-20-18(21)12-19(14(3)23-20)22-13-24(5)7-2/h6,8-13,15H,1,7H2,2-5H3. The van der Waals surface area contributed by atoms with E-state index in [0.29, 0.717) is 5.88 Å². The van der Waals surface area contributed by atoms with E-state index in [9.17, 15) is 0 Å². The number of nitrogens with zero attached hydrogens (tertiary/aromatic N) is 3. The second-order valence-corrected chi connectivity index (χ2v) is 6.65. The molecule has 0 bridgehead atoms. The molecule has 5 heteroatoms. The summed E-state index contributed by atoms with van der Waals surface area (Å²) in [5.74, 6) is 0.562. The third-order valence-electron chi connectivity index (χ3n) is 3.94. The second-order valence-electron chi connectivity index (χ2n) is 5.79. The first-order valence-corrected chi connectivity index (χ1v) is 9.05. The molecule has 0 amide bonds. The summed E-state index contributed by atoms with van der Waals surface area (Å²) in [5, 5.41) is 0. The fraction of sp³-hybridized carbons (Fsp3) is 0.300. The topological polar surface area (TPSA) is 37.7 Å². The zero-order chi connectivity index (χ0) is 18.4. The quantitative estimate of drug-likeness (QED) is 0.450. The van der Waals surface area contributed by atoms with Crippen LogP contribution in [0, 0.1) is 6.92 Å². The van der Waals surface area contributed by atoms with Crippen molar-refractivity contribution in [3.05, 3.63) is 58.2 Å². The Labute approximate surface area is 158 Å². The molecule has 0 fully saturated rings. The summed E-state index contributed by atoms with van der Waals surface area (Å²) in [6, 6.07) is 9.99. The molecule has 2 aromatic rings. The first-order valence-electron chi connectivity index (χ1n) is 8.25. The number of hydrogen-bond acceptors (Lipinski definition) is 3. The predicted molar refractivity (Wildman–Crippen MR) is 109 cm³/mol. The predicted octanol–water partition coefficient (Wildman–Crippen LogP) is 5.55. The number of ether oxygens (including phenoxy) is 1. The van der Waals surface area contributed by atoms with Gasteiger partial charge in [0, 0.05) is 13.6 Å². The molecular formula is C20H24BrN3O. The van der Waals surface area contributed by atoms with E-state index < -0.39 is 0 Å². The maximum atomic E-state index is 6.09. The third-order valence-corrected chi connectivity index (χ3v) is 4.51. The minimum Gasteiger partial charge on any atom is -0.469 e. The van der Waals surface area contributed by atoms with Gasteiger partial charge in [-0.1, -0.05) is 36.9 Å². The molecule has 1 unspecified atom stereocenters. The van der Waals surface area contributed by atoms with Gasteiger partial charge in [0.2, 0.25) is 5.88 Å². The van der Waals surface area contributed by atoms with Gasteiger partial charge in [-0.15, -0.1) is 0 Å². The summed E-state index contributed by atoms with van der Waals surface area (Å²) in [7, 11) is 1.98.